The summed E-state index contributed by atoms with van der Waals surface area (Å²) in [5, 5.41) is 11.8. The number of carboxylic acids is 1. The third-order valence-electron chi connectivity index (χ3n) is 4.61. The Balaban J connectivity index is 1.47. The van der Waals surface area contributed by atoms with Crippen LogP contribution >= 0.6 is 0 Å². The summed E-state index contributed by atoms with van der Waals surface area (Å²) in [5.74, 6) is -1.76. The average Bonchev–Trinajstić information content (AvgIpc) is 2.57. The Morgan fingerprint density at radius 1 is 1.08 bits per heavy atom. The van der Waals surface area contributed by atoms with E-state index in [2.05, 4.69) is 5.32 Å². The highest BCUT2D eigenvalue weighted by Gasteiger charge is 2.41. The van der Waals surface area contributed by atoms with E-state index in [1.165, 1.54) is 12.1 Å². The van der Waals surface area contributed by atoms with Crippen molar-refractivity contribution in [1.82, 2.24) is 5.32 Å². The molecule has 2 atom stereocenters. The molecule has 1 saturated carbocycles. The molecule has 3 rings (SSSR count). The van der Waals surface area contributed by atoms with Gasteiger partial charge in [-0.3, -0.25) is 9.59 Å². The van der Waals surface area contributed by atoms with E-state index in [1.807, 2.05) is 12.1 Å². The van der Waals surface area contributed by atoms with Crippen molar-refractivity contribution in [2.24, 2.45) is 11.8 Å². The number of amides is 1. The van der Waals surface area contributed by atoms with E-state index >= 15 is 0 Å². The molecule has 1 aliphatic rings. The molecule has 0 aromatic heterocycles. The second-order valence-corrected chi connectivity index (χ2v) is 6.41. The van der Waals surface area contributed by atoms with Crippen molar-refractivity contribution in [1.29, 1.82) is 0 Å². The first-order valence-electron chi connectivity index (χ1n) is 8.49. The molecule has 2 aromatic rings. The Hall–Kier alpha value is -2.89. The summed E-state index contributed by atoms with van der Waals surface area (Å²) in [6.45, 7) is 0.609. The minimum Gasteiger partial charge on any atom is -0.489 e. The van der Waals surface area contributed by atoms with Crippen molar-refractivity contribution in [2.45, 2.75) is 26.0 Å². The standard InChI is InChI=1S/C20H20FNO4/c21-15-3-1-2-14(10-15)12-26-16-6-4-13(5-7-16)11-22-19(23)17-8-9-18(17)20(24)25/h1-7,10,17-18H,8-9,11-12H2,(H,22,23)(H,24,25). The number of hydrogen-bond acceptors (Lipinski definition) is 3. The fourth-order valence-corrected chi connectivity index (χ4v) is 2.93. The van der Waals surface area contributed by atoms with Gasteiger partial charge >= 0.3 is 5.97 Å². The molecule has 2 N–H and O–H groups in total. The third-order valence-corrected chi connectivity index (χ3v) is 4.61. The van der Waals surface area contributed by atoms with Gasteiger partial charge in [0, 0.05) is 6.54 Å². The van der Waals surface area contributed by atoms with Gasteiger partial charge in [-0.05, 0) is 48.2 Å². The second kappa shape index (κ2) is 7.99. The molecule has 0 saturated heterocycles. The molecule has 0 aliphatic heterocycles. The summed E-state index contributed by atoms with van der Waals surface area (Å²) in [6.07, 6.45) is 1.18. The number of carbonyl (C=O) groups excluding carboxylic acids is 1. The Morgan fingerprint density at radius 3 is 2.42 bits per heavy atom. The molecule has 2 aromatic carbocycles. The number of carboxylic acid groups (broad SMARTS) is 1. The van der Waals surface area contributed by atoms with Crippen molar-refractivity contribution < 1.29 is 23.8 Å². The van der Waals surface area contributed by atoms with Crippen molar-refractivity contribution in [2.75, 3.05) is 0 Å². The van der Waals surface area contributed by atoms with Crippen LogP contribution < -0.4 is 10.1 Å². The van der Waals surface area contributed by atoms with Crippen molar-refractivity contribution >= 4 is 11.9 Å². The van der Waals surface area contributed by atoms with Crippen LogP contribution in [0.5, 0.6) is 5.75 Å². The van der Waals surface area contributed by atoms with Gasteiger partial charge in [0.25, 0.3) is 0 Å². The number of benzene rings is 2. The van der Waals surface area contributed by atoms with E-state index in [9.17, 15) is 14.0 Å². The van der Waals surface area contributed by atoms with Gasteiger partial charge in [0.15, 0.2) is 0 Å². The van der Waals surface area contributed by atoms with Crippen LogP contribution in [0.1, 0.15) is 24.0 Å². The molecule has 6 heteroatoms. The fraction of sp³-hybridized carbons (Fsp3) is 0.300. The van der Waals surface area contributed by atoms with Crippen LogP contribution in [-0.4, -0.2) is 17.0 Å². The SMILES string of the molecule is O=C(O)C1CCC1C(=O)NCc1ccc(OCc2cccc(F)c2)cc1. The highest BCUT2D eigenvalue weighted by atomic mass is 19.1. The highest BCUT2D eigenvalue weighted by molar-refractivity contribution is 5.86. The quantitative estimate of drug-likeness (QED) is 0.798. The molecular weight excluding hydrogens is 337 g/mol. The van der Waals surface area contributed by atoms with Crippen LogP contribution in [-0.2, 0) is 22.7 Å². The molecule has 0 heterocycles. The minimum absolute atomic E-state index is 0.213. The molecule has 5 nitrogen and oxygen atoms in total. The zero-order valence-electron chi connectivity index (χ0n) is 14.2. The summed E-state index contributed by atoms with van der Waals surface area (Å²) in [7, 11) is 0. The number of hydrogen-bond donors (Lipinski definition) is 2. The summed E-state index contributed by atoms with van der Waals surface area (Å²) in [5.41, 5.74) is 1.64. The maximum atomic E-state index is 13.1. The molecule has 0 radical (unpaired) electrons. The molecule has 2 unspecified atom stereocenters. The van der Waals surface area contributed by atoms with Crippen LogP contribution in [0.3, 0.4) is 0 Å². The maximum Gasteiger partial charge on any atom is 0.307 e. The van der Waals surface area contributed by atoms with E-state index in [0.717, 1.165) is 11.1 Å². The van der Waals surface area contributed by atoms with Gasteiger partial charge in [0.05, 0.1) is 11.8 Å². The number of carbonyl (C=O) groups is 2. The zero-order chi connectivity index (χ0) is 18.5. The molecule has 1 aliphatic carbocycles. The predicted molar refractivity (Wildman–Crippen MR) is 92.9 cm³/mol. The largest absolute Gasteiger partial charge is 0.489 e. The van der Waals surface area contributed by atoms with Crippen molar-refractivity contribution in [3.05, 3.63) is 65.5 Å². The third kappa shape index (κ3) is 4.39. The van der Waals surface area contributed by atoms with Crippen LogP contribution in [0.2, 0.25) is 0 Å². The first-order chi connectivity index (χ1) is 12.5. The Morgan fingerprint density at radius 2 is 1.81 bits per heavy atom. The van der Waals surface area contributed by atoms with Gasteiger partial charge in [-0.25, -0.2) is 4.39 Å². The van der Waals surface area contributed by atoms with Gasteiger partial charge in [-0.15, -0.1) is 0 Å². The topological polar surface area (TPSA) is 75.6 Å². The normalized spacial score (nSPS) is 18.7. The molecule has 136 valence electrons. The molecule has 0 bridgehead atoms. The summed E-state index contributed by atoms with van der Waals surface area (Å²) in [6, 6.07) is 13.5. The van der Waals surface area contributed by atoms with Gasteiger partial charge in [0.1, 0.15) is 18.2 Å². The number of halogens is 1. The molecule has 0 spiro atoms. The lowest BCUT2D eigenvalue weighted by Gasteiger charge is -2.31. The second-order valence-electron chi connectivity index (χ2n) is 6.41. The van der Waals surface area contributed by atoms with Gasteiger partial charge < -0.3 is 15.2 Å². The minimum atomic E-state index is -0.906. The van der Waals surface area contributed by atoms with Crippen LogP contribution in [0.25, 0.3) is 0 Å². The zero-order valence-corrected chi connectivity index (χ0v) is 14.2. The molecule has 1 fully saturated rings. The lowest BCUT2D eigenvalue weighted by Crippen LogP contribution is -2.43. The Bertz CT molecular complexity index is 791. The summed E-state index contributed by atoms with van der Waals surface area (Å²) in [4.78, 5) is 23.0. The summed E-state index contributed by atoms with van der Waals surface area (Å²) >= 11 is 0. The lowest BCUT2D eigenvalue weighted by molar-refractivity contribution is -0.152. The van der Waals surface area contributed by atoms with E-state index in [4.69, 9.17) is 9.84 Å². The lowest BCUT2D eigenvalue weighted by atomic mass is 9.73. The predicted octanol–water partition coefficient (Wildman–Crippen LogP) is 3.13. The number of aliphatic carboxylic acids is 1. The number of nitrogens with one attached hydrogen (secondary N) is 1. The van der Waals surface area contributed by atoms with Crippen molar-refractivity contribution in [3.8, 4) is 5.75 Å². The van der Waals surface area contributed by atoms with E-state index in [-0.39, 0.29) is 18.3 Å². The maximum absolute atomic E-state index is 13.1. The fourth-order valence-electron chi connectivity index (χ4n) is 2.93. The van der Waals surface area contributed by atoms with Crippen LogP contribution in [0.15, 0.2) is 48.5 Å². The van der Waals surface area contributed by atoms with E-state index in [1.54, 1.807) is 24.3 Å². The molecular formula is C20H20FNO4. The van der Waals surface area contributed by atoms with Gasteiger partial charge in [-0.2, -0.15) is 0 Å². The first-order valence-corrected chi connectivity index (χ1v) is 8.49. The van der Waals surface area contributed by atoms with Crippen LogP contribution in [0.4, 0.5) is 4.39 Å². The van der Waals surface area contributed by atoms with E-state index < -0.39 is 17.8 Å². The number of rotatable bonds is 7. The monoisotopic (exact) mass is 357 g/mol. The Kier molecular flexibility index (Phi) is 5.51. The smallest absolute Gasteiger partial charge is 0.307 e. The van der Waals surface area contributed by atoms with Crippen LogP contribution in [0, 0.1) is 17.7 Å². The molecule has 26 heavy (non-hydrogen) atoms. The van der Waals surface area contributed by atoms with Gasteiger partial charge in [0.2, 0.25) is 5.91 Å². The van der Waals surface area contributed by atoms with E-state index in [0.29, 0.717) is 25.1 Å². The highest BCUT2D eigenvalue weighted by Crippen LogP contribution is 2.34. The molecule has 1 amide bonds. The number of ether oxygens (including phenoxy) is 1. The average molecular weight is 357 g/mol. The van der Waals surface area contributed by atoms with Gasteiger partial charge in [-0.1, -0.05) is 24.3 Å². The summed E-state index contributed by atoms with van der Waals surface area (Å²) < 4.78 is 18.7. The van der Waals surface area contributed by atoms with Crippen molar-refractivity contribution in [3.63, 3.8) is 0 Å². The first kappa shape index (κ1) is 17.9. The Labute approximate surface area is 150 Å².